The van der Waals surface area contributed by atoms with Gasteiger partial charge in [-0.05, 0) is 86.6 Å². The van der Waals surface area contributed by atoms with Gasteiger partial charge in [0.15, 0.2) is 0 Å². The highest BCUT2D eigenvalue weighted by molar-refractivity contribution is 6.85. The third-order valence-corrected chi connectivity index (χ3v) is 18.8. The fourth-order valence-electron chi connectivity index (χ4n) is 13.0. The van der Waals surface area contributed by atoms with E-state index < -0.39 is 31.5 Å². The summed E-state index contributed by atoms with van der Waals surface area (Å²) >= 11 is 26.6. The Morgan fingerprint density at radius 3 is 1.63 bits per heavy atom. The van der Waals surface area contributed by atoms with Gasteiger partial charge in [-0.2, -0.15) is 5.26 Å². The van der Waals surface area contributed by atoms with E-state index in [-0.39, 0.29) is 77.7 Å². The van der Waals surface area contributed by atoms with Crippen LogP contribution in [0.4, 0.5) is 0 Å². The molecule has 1 aliphatic heterocycles. The Hall–Kier alpha value is -10.2. The first-order valence-corrected chi connectivity index (χ1v) is 32.5. The van der Waals surface area contributed by atoms with Gasteiger partial charge in [0.25, 0.3) is 11.8 Å². The van der Waals surface area contributed by atoms with Crippen LogP contribution in [-0.4, -0.2) is 96.4 Å². The number of aromatic nitrogens is 6. The average Bonchev–Trinajstić information content (AvgIpc) is 1.53. The lowest BCUT2D eigenvalue weighted by Crippen LogP contribution is -2.54. The van der Waals surface area contributed by atoms with Crippen LogP contribution in [-0.2, 0) is 0 Å². The third kappa shape index (κ3) is 11.9. The molecule has 95 heavy (non-hydrogen) atoms. The molecular weight excluding hydrogens is 1270 g/mol. The van der Waals surface area contributed by atoms with Gasteiger partial charge < -0.3 is 18.6 Å². The first-order chi connectivity index (χ1) is 46.2. The normalized spacial score (nSPS) is 12.8. The van der Waals surface area contributed by atoms with Gasteiger partial charge in [-0.3, -0.25) is 29.4 Å². The summed E-state index contributed by atoms with van der Waals surface area (Å²) in [5, 5.41) is 15.4. The van der Waals surface area contributed by atoms with Gasteiger partial charge in [-0.15, -0.1) is 0 Å². The number of amides is 2. The van der Waals surface area contributed by atoms with Crippen molar-refractivity contribution < 1.29 is 19.1 Å². The zero-order valence-corrected chi connectivity index (χ0v) is 55.0. The molecule has 0 unspecified atom stereocenters. The minimum absolute atomic E-state index is 0.0556. The van der Waals surface area contributed by atoms with E-state index in [2.05, 4.69) is 76.7 Å². The molecule has 1 aliphatic rings. The molecule has 464 valence electrons. The number of nitriles is 1. The summed E-state index contributed by atoms with van der Waals surface area (Å²) in [5.41, 5.74) is 7.86. The quantitative estimate of drug-likeness (QED) is 0.0266. The molecule has 0 atom stereocenters. The van der Waals surface area contributed by atoms with Gasteiger partial charge in [0.2, 0.25) is 5.70 Å². The number of hydrogen-bond donors (Lipinski definition) is 0. The zero-order valence-electron chi connectivity index (χ0n) is 51.9. The number of carbonyl (C=O) groups is 3. The molecular formula is C75H56B2Cl4N10O4. The topological polar surface area (TPSA) is 156 Å². The smallest absolute Gasteiger partial charge is 0.343 e. The molecule has 14 nitrogen and oxygen atoms in total. The van der Waals surface area contributed by atoms with E-state index in [1.807, 2.05) is 103 Å². The molecule has 2 amide bonds. The summed E-state index contributed by atoms with van der Waals surface area (Å²) in [6.45, 7) is 19.2. The van der Waals surface area contributed by atoms with E-state index in [1.165, 1.54) is 23.1 Å². The molecule has 13 rings (SSSR count). The van der Waals surface area contributed by atoms with Crippen LogP contribution in [0.5, 0.6) is 5.75 Å². The Labute approximate surface area is 568 Å². The van der Waals surface area contributed by atoms with E-state index in [1.54, 1.807) is 54.9 Å². The maximum absolute atomic E-state index is 14.8. The lowest BCUT2D eigenvalue weighted by Gasteiger charge is -2.25. The van der Waals surface area contributed by atoms with Crippen LogP contribution in [0.2, 0.25) is 20.1 Å². The van der Waals surface area contributed by atoms with Crippen LogP contribution in [0, 0.1) is 17.9 Å². The van der Waals surface area contributed by atoms with Gasteiger partial charge >= 0.3 is 19.7 Å². The Morgan fingerprint density at radius 1 is 0.611 bits per heavy atom. The predicted molar refractivity (Wildman–Crippen MR) is 381 cm³/mol. The Kier molecular flexibility index (Phi) is 18.1. The molecule has 0 aliphatic carbocycles. The van der Waals surface area contributed by atoms with Crippen molar-refractivity contribution in [2.75, 3.05) is 26.2 Å². The van der Waals surface area contributed by atoms with Crippen LogP contribution >= 0.6 is 46.4 Å². The number of fused-ring (bicyclic) bond motifs is 4. The fraction of sp³-hybridized carbons (Fsp3) is 0.133. The Morgan fingerprint density at radius 2 is 1.12 bits per heavy atom. The summed E-state index contributed by atoms with van der Waals surface area (Å²) < 4.78 is 10.8. The van der Waals surface area contributed by atoms with E-state index >= 15 is 0 Å². The van der Waals surface area contributed by atoms with Crippen molar-refractivity contribution >= 4 is 144 Å². The number of hydrogen-bond acceptors (Lipinski definition) is 10. The number of halogens is 4. The van der Waals surface area contributed by atoms with Gasteiger partial charge in [-0.25, -0.2) is 14.6 Å². The average molecular weight is 1320 g/mol. The second-order valence-electron chi connectivity index (χ2n) is 23.3. The van der Waals surface area contributed by atoms with Crippen molar-refractivity contribution in [3.05, 3.63) is 276 Å². The summed E-state index contributed by atoms with van der Waals surface area (Å²) in [4.78, 5) is 70.7. The second-order valence-corrected chi connectivity index (χ2v) is 24.9. The van der Waals surface area contributed by atoms with Crippen LogP contribution in [0.3, 0.4) is 0 Å². The molecule has 0 N–H and O–H groups in total. The minimum Gasteiger partial charge on any atom is -0.423 e. The molecule has 0 saturated carbocycles. The molecule has 20 heteroatoms. The van der Waals surface area contributed by atoms with Crippen LogP contribution in [0.15, 0.2) is 200 Å². The van der Waals surface area contributed by atoms with Crippen molar-refractivity contribution in [3.8, 4) is 23.1 Å². The molecule has 4 aromatic heterocycles. The number of carbonyl (C=O) groups excluding carboxylic acids is 3. The van der Waals surface area contributed by atoms with E-state index in [0.717, 1.165) is 40.6 Å². The maximum atomic E-state index is 14.8. The van der Waals surface area contributed by atoms with Crippen molar-refractivity contribution in [3.63, 3.8) is 0 Å². The Bertz CT molecular complexity index is 5080. The monoisotopic (exact) mass is 1320 g/mol. The highest BCUT2D eigenvalue weighted by Gasteiger charge is 2.39. The first kappa shape index (κ1) is 63.6. The number of nitrogens with zero attached hydrogens (tertiary/aromatic N) is 10. The number of benzene rings is 8. The van der Waals surface area contributed by atoms with Crippen LogP contribution in [0.1, 0.15) is 88.2 Å². The highest BCUT2D eigenvalue weighted by Crippen LogP contribution is 2.38. The first-order valence-electron chi connectivity index (χ1n) is 31.0. The Balaban J connectivity index is 1.18. The zero-order chi connectivity index (χ0) is 66.2. The number of esters is 1. The minimum atomic E-state index is -0.781. The van der Waals surface area contributed by atoms with Crippen molar-refractivity contribution in [1.82, 2.24) is 38.7 Å². The maximum Gasteiger partial charge on any atom is 0.343 e. The summed E-state index contributed by atoms with van der Waals surface area (Å²) in [5.74, 6) is -1.93. The lowest BCUT2D eigenvalue weighted by atomic mass is 9.50. The molecule has 5 heterocycles. The molecule has 0 saturated heterocycles. The third-order valence-electron chi connectivity index (χ3n) is 17.4. The van der Waals surface area contributed by atoms with E-state index in [9.17, 15) is 26.2 Å². The van der Waals surface area contributed by atoms with Gasteiger partial charge in [0.05, 0.1) is 82.7 Å². The molecule has 8 aromatic carbocycles. The van der Waals surface area contributed by atoms with Gasteiger partial charge in [-0.1, -0.05) is 229 Å². The summed E-state index contributed by atoms with van der Waals surface area (Å²) in [6.07, 6.45) is 3.72. The van der Waals surface area contributed by atoms with Crippen LogP contribution < -0.4 is 37.3 Å². The lowest BCUT2D eigenvalue weighted by molar-refractivity contribution is 0.0647. The molecule has 0 fully saturated rings. The molecule has 0 radical (unpaired) electrons. The second kappa shape index (κ2) is 27.1. The fourth-order valence-corrected chi connectivity index (χ4v) is 13.6. The molecule has 12 aromatic rings. The highest BCUT2D eigenvalue weighted by atomic mass is 35.5. The predicted octanol–water partition coefficient (Wildman–Crippen LogP) is 12.4. The summed E-state index contributed by atoms with van der Waals surface area (Å²) in [6, 6.07) is 60.7. The largest absolute Gasteiger partial charge is 0.423 e. The van der Waals surface area contributed by atoms with Crippen LogP contribution in [0.25, 0.3) is 60.2 Å². The van der Waals surface area contributed by atoms with Crippen molar-refractivity contribution in [1.29, 1.82) is 5.26 Å². The number of imide groups is 1. The molecule has 0 bridgehead atoms. The van der Waals surface area contributed by atoms with Gasteiger partial charge in [0.1, 0.15) is 23.1 Å². The van der Waals surface area contributed by atoms with E-state index in [0.29, 0.717) is 67.8 Å². The van der Waals surface area contributed by atoms with E-state index in [4.69, 9.17) is 71.1 Å². The summed E-state index contributed by atoms with van der Waals surface area (Å²) in [7, 11) is 0. The standard InChI is InChI=1S/C75H56B2Cl4N10O4/c1-6-88(7-2)34-21-35-89-73(92)53-33-32-47(37-54(53)74(89)93)75(94)95-52-31-20-22-46(36-52)70-67-66(72(68(83-5)65-44-85-61-39-57(79)59(81)41-63(61)87-65)91(70)77(50-27-16-10-17-28-50)51-29-18-11-19-30-51)69(45(3)4)90(76(48-23-12-8-13-24-48)49-25-14-9-15-26-49)71(67)55(42-82)64-43-84-60-38-56(78)58(80)40-62(60)86-64/h8-20,22-33,36-41,43-45H,6-7,21,34-35H2,1-4H3/b71-55-,72-68+. The van der Waals surface area contributed by atoms with Crippen molar-refractivity contribution in [2.24, 2.45) is 0 Å². The number of ether oxygens (including phenoxy) is 1. The van der Waals surface area contributed by atoms with Gasteiger partial charge in [0, 0.05) is 45.8 Å². The number of rotatable bonds is 18. The molecule has 0 spiro atoms. The SMILES string of the molecule is [C-]#[N+]/C(c1cnc2cc(Cl)c(Cl)cc2n1)=c1\c2c(C(C)C)n(B(c3ccccc3)c3ccccc3)/c(=C(/C#N)c3cnc4cc(Cl)c(Cl)cc4n3)c2c(-c2cccc(OC(=O)c3ccc4c(c3)C(=O)N(CCCN(CC)CC)C4=O)c2)n1B(c1ccccc1)c1ccccc1. The van der Waals surface area contributed by atoms with Crippen molar-refractivity contribution in [2.45, 2.75) is 40.0 Å².